The Morgan fingerprint density at radius 2 is 2.44 bits per heavy atom. The maximum absolute atomic E-state index is 3.94. The van der Waals surface area contributed by atoms with Gasteiger partial charge in [0.2, 0.25) is 0 Å². The van der Waals surface area contributed by atoms with Gasteiger partial charge in [-0.2, -0.15) is 0 Å². The van der Waals surface area contributed by atoms with E-state index in [1.807, 2.05) is 0 Å². The molecule has 1 aliphatic carbocycles. The topological polar surface area (TPSA) is 0 Å². The maximum atomic E-state index is 3.94. The van der Waals surface area contributed by atoms with Gasteiger partial charge in [-0.05, 0) is 38.5 Å². The van der Waals surface area contributed by atoms with Gasteiger partial charge in [0, 0.05) is 0 Å². The highest BCUT2D eigenvalue weighted by Gasteiger charge is 2.13. The van der Waals surface area contributed by atoms with Crippen molar-refractivity contribution in [2.45, 2.75) is 32.6 Å². The second kappa shape index (κ2) is 3.05. The molecule has 0 aromatic rings. The molecule has 0 spiro atoms. The third-order valence-electron chi connectivity index (χ3n) is 1.99. The van der Waals surface area contributed by atoms with Crippen LogP contribution in [0.25, 0.3) is 0 Å². The molecule has 1 rings (SSSR count). The number of rotatable bonds is 1. The van der Waals surface area contributed by atoms with Crippen LogP contribution in [0, 0.1) is 12.3 Å². The van der Waals surface area contributed by atoms with Crippen molar-refractivity contribution in [2.24, 2.45) is 5.92 Å². The summed E-state index contributed by atoms with van der Waals surface area (Å²) in [4.78, 5) is 0. The molecule has 9 heavy (non-hydrogen) atoms. The summed E-state index contributed by atoms with van der Waals surface area (Å²) in [5.74, 6) is 0.749. The highest BCUT2D eigenvalue weighted by atomic mass is 14.2. The Kier molecular flexibility index (Phi) is 2.32. The van der Waals surface area contributed by atoms with Crippen molar-refractivity contribution in [1.82, 2.24) is 0 Å². The van der Waals surface area contributed by atoms with Gasteiger partial charge >= 0.3 is 0 Å². The summed E-state index contributed by atoms with van der Waals surface area (Å²) in [5.41, 5.74) is 1.34. The Morgan fingerprint density at radius 3 is 2.78 bits per heavy atom. The zero-order valence-electron chi connectivity index (χ0n) is 6.11. The molecule has 0 saturated heterocycles. The molecule has 1 saturated carbocycles. The minimum Gasteiger partial charge on any atom is -0.0999 e. The normalized spacial score (nSPS) is 21.9. The largest absolute Gasteiger partial charge is 0.0999 e. The van der Waals surface area contributed by atoms with Crippen LogP contribution in [0.3, 0.4) is 0 Å². The molecule has 0 aromatic carbocycles. The average Bonchev–Trinajstić information content (AvgIpc) is 1.90. The molecular formula is C9H14. The number of hydrogen-bond acceptors (Lipinski definition) is 0. The molecular weight excluding hydrogens is 108 g/mol. The van der Waals surface area contributed by atoms with Crippen molar-refractivity contribution in [2.75, 3.05) is 0 Å². The molecule has 0 heterocycles. The smallest absolute Gasteiger partial charge is 0.0167 e. The van der Waals surface area contributed by atoms with Crippen molar-refractivity contribution < 1.29 is 0 Å². The summed E-state index contributed by atoms with van der Waals surface area (Å²) in [6.45, 7) is 6.06. The lowest BCUT2D eigenvalue weighted by Gasteiger charge is -2.20. The van der Waals surface area contributed by atoms with Crippen LogP contribution in [0.5, 0.6) is 0 Å². The number of allylic oxidation sites excluding steroid dienone is 1. The fraction of sp³-hybridized carbons (Fsp3) is 0.667. The van der Waals surface area contributed by atoms with Crippen molar-refractivity contribution in [3.8, 4) is 0 Å². The van der Waals surface area contributed by atoms with Crippen LogP contribution in [-0.2, 0) is 0 Å². The molecule has 0 bridgehead atoms. The first-order valence-corrected chi connectivity index (χ1v) is 3.67. The lowest BCUT2D eigenvalue weighted by molar-refractivity contribution is 0.470. The predicted molar refractivity (Wildman–Crippen MR) is 40.0 cm³/mol. The molecule has 0 N–H and O–H groups in total. The van der Waals surface area contributed by atoms with Crippen molar-refractivity contribution in [3.63, 3.8) is 0 Å². The third kappa shape index (κ3) is 1.85. The van der Waals surface area contributed by atoms with E-state index in [-0.39, 0.29) is 0 Å². The fourth-order valence-corrected chi connectivity index (χ4v) is 1.27. The van der Waals surface area contributed by atoms with Crippen LogP contribution < -0.4 is 0 Å². The molecule has 1 aliphatic rings. The Bertz CT molecular complexity index is 96.6. The Morgan fingerprint density at radius 1 is 1.67 bits per heavy atom. The molecule has 0 heteroatoms. The monoisotopic (exact) mass is 122 g/mol. The quantitative estimate of drug-likeness (QED) is 0.469. The fourth-order valence-electron chi connectivity index (χ4n) is 1.27. The van der Waals surface area contributed by atoms with Crippen LogP contribution in [-0.4, -0.2) is 0 Å². The first-order valence-electron chi connectivity index (χ1n) is 3.67. The summed E-state index contributed by atoms with van der Waals surface area (Å²) in [7, 11) is 0. The van der Waals surface area contributed by atoms with E-state index in [1.54, 1.807) is 0 Å². The van der Waals surface area contributed by atoms with Gasteiger partial charge in [-0.25, -0.2) is 0 Å². The van der Waals surface area contributed by atoms with E-state index < -0.39 is 0 Å². The first kappa shape index (κ1) is 6.85. The SMILES string of the molecule is C=C(C)C1C[C]CCC1. The molecule has 0 aromatic heterocycles. The lowest BCUT2D eigenvalue weighted by Crippen LogP contribution is -2.06. The summed E-state index contributed by atoms with van der Waals surface area (Å²) in [6.07, 6.45) is 8.35. The molecule has 0 amide bonds. The van der Waals surface area contributed by atoms with Crippen LogP contribution in [0.1, 0.15) is 32.6 Å². The molecule has 1 unspecified atom stereocenters. The van der Waals surface area contributed by atoms with Gasteiger partial charge in [-0.3, -0.25) is 0 Å². The van der Waals surface area contributed by atoms with Crippen molar-refractivity contribution in [1.29, 1.82) is 0 Å². The molecule has 0 aliphatic heterocycles. The molecule has 1 atom stereocenters. The maximum Gasteiger partial charge on any atom is -0.0167 e. The lowest BCUT2D eigenvalue weighted by atomic mass is 9.85. The van der Waals surface area contributed by atoms with Crippen molar-refractivity contribution in [3.05, 3.63) is 18.6 Å². The Hall–Kier alpha value is -0.260. The van der Waals surface area contributed by atoms with Crippen LogP contribution in [0.15, 0.2) is 12.2 Å². The van der Waals surface area contributed by atoms with E-state index in [4.69, 9.17) is 0 Å². The third-order valence-corrected chi connectivity index (χ3v) is 1.99. The van der Waals surface area contributed by atoms with Gasteiger partial charge < -0.3 is 0 Å². The van der Waals surface area contributed by atoms with Gasteiger partial charge in [-0.1, -0.05) is 18.6 Å². The zero-order valence-corrected chi connectivity index (χ0v) is 6.11. The van der Waals surface area contributed by atoms with Crippen LogP contribution in [0.2, 0.25) is 0 Å². The average molecular weight is 122 g/mol. The predicted octanol–water partition coefficient (Wildman–Crippen LogP) is 2.83. The van der Waals surface area contributed by atoms with Gasteiger partial charge in [0.25, 0.3) is 0 Å². The van der Waals surface area contributed by atoms with E-state index in [1.165, 1.54) is 24.8 Å². The summed E-state index contributed by atoms with van der Waals surface area (Å²) < 4.78 is 0. The highest BCUT2D eigenvalue weighted by molar-refractivity contribution is 4.99. The molecule has 0 nitrogen and oxygen atoms in total. The van der Waals surface area contributed by atoms with Gasteiger partial charge in [0.05, 0.1) is 0 Å². The standard InChI is InChI=1S/C9H14/c1-8(2)9-6-4-3-5-7-9/h9H,1,3-4,6-7H2,2H3. The minimum absolute atomic E-state index is 0.749. The highest BCUT2D eigenvalue weighted by Crippen LogP contribution is 2.27. The van der Waals surface area contributed by atoms with E-state index in [0.717, 1.165) is 12.3 Å². The summed E-state index contributed by atoms with van der Waals surface area (Å²) in [6, 6.07) is 0. The van der Waals surface area contributed by atoms with Gasteiger partial charge in [0.15, 0.2) is 0 Å². The van der Waals surface area contributed by atoms with Gasteiger partial charge in [-0.15, -0.1) is 0 Å². The van der Waals surface area contributed by atoms with E-state index >= 15 is 0 Å². The van der Waals surface area contributed by atoms with Gasteiger partial charge in [0.1, 0.15) is 0 Å². The number of hydrogen-bond donors (Lipinski definition) is 0. The van der Waals surface area contributed by atoms with E-state index in [9.17, 15) is 0 Å². The minimum atomic E-state index is 0.749. The van der Waals surface area contributed by atoms with Crippen LogP contribution in [0.4, 0.5) is 0 Å². The van der Waals surface area contributed by atoms with E-state index in [0.29, 0.717) is 0 Å². The zero-order chi connectivity index (χ0) is 6.69. The summed E-state index contributed by atoms with van der Waals surface area (Å²) in [5, 5.41) is 0. The van der Waals surface area contributed by atoms with E-state index in [2.05, 4.69) is 19.9 Å². The molecule has 2 radical (unpaired) electrons. The first-order chi connectivity index (χ1) is 4.30. The van der Waals surface area contributed by atoms with Crippen LogP contribution >= 0.6 is 0 Å². The second-order valence-electron chi connectivity index (χ2n) is 2.89. The second-order valence-corrected chi connectivity index (χ2v) is 2.89. The Labute approximate surface area is 58.0 Å². The van der Waals surface area contributed by atoms with Crippen molar-refractivity contribution >= 4 is 0 Å². The molecule has 50 valence electrons. The summed E-state index contributed by atoms with van der Waals surface area (Å²) >= 11 is 0. The molecule has 1 fully saturated rings. The Balaban J connectivity index is 2.31.